The van der Waals surface area contributed by atoms with Crippen LogP contribution in [0.2, 0.25) is 0 Å². The minimum Gasteiger partial charge on any atom is -0.481 e. The van der Waals surface area contributed by atoms with Crippen LogP contribution in [0, 0.1) is 0 Å². The number of amides is 2. The van der Waals surface area contributed by atoms with Crippen LogP contribution in [0.3, 0.4) is 0 Å². The summed E-state index contributed by atoms with van der Waals surface area (Å²) in [7, 11) is 0. The van der Waals surface area contributed by atoms with Crippen LogP contribution >= 0.6 is 0 Å². The molecule has 0 bridgehead atoms. The average Bonchev–Trinajstić information content (AvgIpc) is 3.10. The summed E-state index contributed by atoms with van der Waals surface area (Å²) in [6, 6.07) is 14.9. The fourth-order valence-corrected chi connectivity index (χ4v) is 3.94. The second-order valence-electron chi connectivity index (χ2n) is 7.89. The Labute approximate surface area is 187 Å². The third kappa shape index (κ3) is 5.55. The standard InChI is InChI=1S/C25H28N2O5/c1-3-8-22(24(30)26-16(2)13-14-23(28)29)27-25(31)32-15-21-19-11-6-4-9-17(19)18-10-5-7-12-20(18)21/h3-7,9-12,16,21-22H,1,8,13-15H2,2H3,(H,26,30)(H,27,31)(H,28,29). The van der Waals surface area contributed by atoms with Crippen molar-refractivity contribution < 1.29 is 24.2 Å². The van der Waals surface area contributed by atoms with Gasteiger partial charge in [0.15, 0.2) is 0 Å². The number of hydrogen-bond donors (Lipinski definition) is 3. The van der Waals surface area contributed by atoms with Gasteiger partial charge in [0.1, 0.15) is 12.6 Å². The molecule has 0 aromatic heterocycles. The van der Waals surface area contributed by atoms with Crippen molar-refractivity contribution in [3.8, 4) is 11.1 Å². The summed E-state index contributed by atoms with van der Waals surface area (Å²) in [5.74, 6) is -1.40. The zero-order chi connectivity index (χ0) is 23.1. The quantitative estimate of drug-likeness (QED) is 0.491. The fraction of sp³-hybridized carbons (Fsp3) is 0.320. The topological polar surface area (TPSA) is 105 Å². The lowest BCUT2D eigenvalue weighted by atomic mass is 9.98. The summed E-state index contributed by atoms with van der Waals surface area (Å²) in [6.45, 7) is 5.51. The van der Waals surface area contributed by atoms with Crippen molar-refractivity contribution in [2.45, 2.75) is 44.2 Å². The number of rotatable bonds is 10. The molecule has 0 spiro atoms. The van der Waals surface area contributed by atoms with Gasteiger partial charge in [-0.15, -0.1) is 6.58 Å². The van der Waals surface area contributed by atoms with Crippen LogP contribution in [0.25, 0.3) is 11.1 Å². The van der Waals surface area contributed by atoms with Crippen molar-refractivity contribution >= 4 is 18.0 Å². The van der Waals surface area contributed by atoms with Gasteiger partial charge in [0.2, 0.25) is 5.91 Å². The highest BCUT2D eigenvalue weighted by Gasteiger charge is 2.29. The molecule has 0 fully saturated rings. The molecule has 3 N–H and O–H groups in total. The van der Waals surface area contributed by atoms with E-state index in [9.17, 15) is 14.4 Å². The van der Waals surface area contributed by atoms with Gasteiger partial charge in [-0.3, -0.25) is 9.59 Å². The molecule has 1 aliphatic rings. The first-order valence-electron chi connectivity index (χ1n) is 10.6. The Morgan fingerprint density at radius 2 is 1.66 bits per heavy atom. The average molecular weight is 437 g/mol. The predicted octanol–water partition coefficient (Wildman–Crippen LogP) is 3.84. The summed E-state index contributed by atoms with van der Waals surface area (Å²) < 4.78 is 5.51. The molecular formula is C25H28N2O5. The molecule has 0 radical (unpaired) electrons. The van der Waals surface area contributed by atoms with Crippen LogP contribution in [-0.4, -0.2) is 41.8 Å². The number of carbonyl (C=O) groups is 3. The van der Waals surface area contributed by atoms with Crippen molar-refractivity contribution in [3.05, 3.63) is 72.3 Å². The molecule has 1 aliphatic carbocycles. The van der Waals surface area contributed by atoms with E-state index in [-0.39, 0.29) is 31.4 Å². The second-order valence-corrected chi connectivity index (χ2v) is 7.89. The minimum absolute atomic E-state index is 0.0482. The number of benzene rings is 2. The molecule has 7 nitrogen and oxygen atoms in total. The number of nitrogens with one attached hydrogen (secondary N) is 2. The maximum Gasteiger partial charge on any atom is 0.407 e. The predicted molar refractivity (Wildman–Crippen MR) is 121 cm³/mol. The molecule has 32 heavy (non-hydrogen) atoms. The van der Waals surface area contributed by atoms with E-state index >= 15 is 0 Å². The lowest BCUT2D eigenvalue weighted by molar-refractivity contribution is -0.137. The molecule has 2 aromatic rings. The van der Waals surface area contributed by atoms with E-state index in [2.05, 4.69) is 29.3 Å². The molecule has 3 rings (SSSR count). The van der Waals surface area contributed by atoms with E-state index in [1.807, 2.05) is 36.4 Å². The maximum absolute atomic E-state index is 12.5. The van der Waals surface area contributed by atoms with Gasteiger partial charge in [-0.25, -0.2) is 4.79 Å². The smallest absolute Gasteiger partial charge is 0.407 e. The highest BCUT2D eigenvalue weighted by atomic mass is 16.5. The van der Waals surface area contributed by atoms with Gasteiger partial charge in [-0.05, 0) is 42.0 Å². The highest BCUT2D eigenvalue weighted by molar-refractivity contribution is 5.86. The van der Waals surface area contributed by atoms with Gasteiger partial charge in [0, 0.05) is 18.4 Å². The second kappa shape index (κ2) is 10.6. The van der Waals surface area contributed by atoms with Crippen LogP contribution in [0.1, 0.15) is 43.2 Å². The zero-order valence-corrected chi connectivity index (χ0v) is 18.0. The molecule has 0 heterocycles. The van der Waals surface area contributed by atoms with Gasteiger partial charge in [-0.2, -0.15) is 0 Å². The summed E-state index contributed by atoms with van der Waals surface area (Å²) in [4.78, 5) is 35.7. The molecule has 2 atom stereocenters. The first kappa shape index (κ1) is 23.1. The van der Waals surface area contributed by atoms with Crippen LogP contribution in [0.15, 0.2) is 61.2 Å². The van der Waals surface area contributed by atoms with Gasteiger partial charge in [0.25, 0.3) is 0 Å². The molecule has 7 heteroatoms. The first-order valence-corrected chi connectivity index (χ1v) is 10.6. The number of aliphatic carboxylic acids is 1. The van der Waals surface area contributed by atoms with Crippen LogP contribution in [0.4, 0.5) is 4.79 Å². The molecule has 2 aromatic carbocycles. The van der Waals surface area contributed by atoms with E-state index in [0.717, 1.165) is 22.3 Å². The molecule has 0 saturated carbocycles. The maximum atomic E-state index is 12.5. The minimum atomic E-state index is -0.925. The highest BCUT2D eigenvalue weighted by Crippen LogP contribution is 2.44. The van der Waals surface area contributed by atoms with Gasteiger partial charge < -0.3 is 20.5 Å². The summed E-state index contributed by atoms with van der Waals surface area (Å²) in [6.07, 6.45) is 1.32. The zero-order valence-electron chi connectivity index (χ0n) is 18.0. The molecule has 0 saturated heterocycles. The van der Waals surface area contributed by atoms with E-state index < -0.39 is 24.0 Å². The number of carboxylic acid groups (broad SMARTS) is 1. The molecule has 168 valence electrons. The van der Waals surface area contributed by atoms with Crippen molar-refractivity contribution in [2.75, 3.05) is 6.61 Å². The summed E-state index contributed by atoms with van der Waals surface area (Å²) in [5.41, 5.74) is 4.48. The normalized spacial score (nSPS) is 13.9. The van der Waals surface area contributed by atoms with Crippen molar-refractivity contribution in [2.24, 2.45) is 0 Å². The summed E-state index contributed by atoms with van der Waals surface area (Å²) >= 11 is 0. The SMILES string of the molecule is C=CCC(NC(=O)OCC1c2ccccc2-c2ccccc21)C(=O)NC(C)CCC(=O)O. The van der Waals surface area contributed by atoms with E-state index in [0.29, 0.717) is 6.42 Å². The largest absolute Gasteiger partial charge is 0.481 e. The number of carboxylic acids is 1. The molecule has 2 unspecified atom stereocenters. The Kier molecular flexibility index (Phi) is 7.65. The van der Waals surface area contributed by atoms with Crippen LogP contribution < -0.4 is 10.6 Å². The Balaban J connectivity index is 1.60. The van der Waals surface area contributed by atoms with Crippen molar-refractivity contribution in [1.29, 1.82) is 0 Å². The number of carbonyl (C=O) groups excluding carboxylic acids is 2. The fourth-order valence-electron chi connectivity index (χ4n) is 3.94. The lowest BCUT2D eigenvalue weighted by Crippen LogP contribution is -2.49. The molecular weight excluding hydrogens is 408 g/mol. The Bertz CT molecular complexity index is 958. The third-order valence-electron chi connectivity index (χ3n) is 5.53. The van der Waals surface area contributed by atoms with E-state index in [1.165, 1.54) is 6.08 Å². The number of alkyl carbamates (subject to hydrolysis) is 1. The van der Waals surface area contributed by atoms with Crippen LogP contribution in [-0.2, 0) is 14.3 Å². The van der Waals surface area contributed by atoms with E-state index in [1.54, 1.807) is 6.92 Å². The van der Waals surface area contributed by atoms with Gasteiger partial charge >= 0.3 is 12.1 Å². The number of ether oxygens (including phenoxy) is 1. The van der Waals surface area contributed by atoms with Gasteiger partial charge in [0.05, 0.1) is 0 Å². The Morgan fingerprint density at radius 1 is 1.06 bits per heavy atom. The molecule has 2 amide bonds. The van der Waals surface area contributed by atoms with Gasteiger partial charge in [-0.1, -0.05) is 54.6 Å². The van der Waals surface area contributed by atoms with Crippen LogP contribution in [0.5, 0.6) is 0 Å². The first-order chi connectivity index (χ1) is 15.4. The van der Waals surface area contributed by atoms with Crippen molar-refractivity contribution in [1.82, 2.24) is 10.6 Å². The number of hydrogen-bond acceptors (Lipinski definition) is 4. The number of fused-ring (bicyclic) bond motifs is 3. The monoisotopic (exact) mass is 436 g/mol. The Morgan fingerprint density at radius 3 is 2.22 bits per heavy atom. The van der Waals surface area contributed by atoms with Crippen molar-refractivity contribution in [3.63, 3.8) is 0 Å². The summed E-state index contributed by atoms with van der Waals surface area (Å²) in [5, 5.41) is 14.1. The third-order valence-corrected chi connectivity index (χ3v) is 5.53. The Hall–Kier alpha value is -3.61. The van der Waals surface area contributed by atoms with E-state index in [4.69, 9.17) is 9.84 Å². The molecule has 0 aliphatic heterocycles. The lowest BCUT2D eigenvalue weighted by Gasteiger charge is -2.21.